The van der Waals surface area contributed by atoms with E-state index in [4.69, 9.17) is 4.74 Å². The zero-order chi connectivity index (χ0) is 17.4. The molecule has 0 aliphatic carbocycles. The third kappa shape index (κ3) is 5.83. The van der Waals surface area contributed by atoms with Crippen molar-refractivity contribution in [3.8, 4) is 5.75 Å². The van der Waals surface area contributed by atoms with Crippen LogP contribution in [-0.4, -0.2) is 13.2 Å². The maximum Gasteiger partial charge on any atom is 0.124 e. The van der Waals surface area contributed by atoms with Gasteiger partial charge in [-0.1, -0.05) is 77.3 Å². The minimum Gasteiger partial charge on any atom is -0.493 e. The van der Waals surface area contributed by atoms with Crippen molar-refractivity contribution in [3.63, 3.8) is 0 Å². The van der Waals surface area contributed by atoms with Gasteiger partial charge in [0.15, 0.2) is 0 Å². The van der Waals surface area contributed by atoms with Crippen LogP contribution in [0.4, 0.5) is 0 Å². The highest BCUT2D eigenvalue weighted by atomic mass is 16.5. The maximum atomic E-state index is 6.13. The average Bonchev–Trinajstić information content (AvgIpc) is 2.55. The van der Waals surface area contributed by atoms with Crippen molar-refractivity contribution in [2.24, 2.45) is 5.41 Å². The maximum absolute atomic E-state index is 6.13. The van der Waals surface area contributed by atoms with Gasteiger partial charge in [-0.05, 0) is 28.7 Å². The minimum absolute atomic E-state index is 0.283. The molecule has 0 atom stereocenters. The summed E-state index contributed by atoms with van der Waals surface area (Å²) in [5.41, 5.74) is 1.57. The smallest absolute Gasteiger partial charge is 0.124 e. The summed E-state index contributed by atoms with van der Waals surface area (Å²) in [5.74, 6) is 1.03. The van der Waals surface area contributed by atoms with E-state index in [9.17, 15) is 0 Å². The van der Waals surface area contributed by atoms with Gasteiger partial charge < -0.3 is 10.1 Å². The first kappa shape index (κ1) is 18.8. The zero-order valence-electron chi connectivity index (χ0n) is 15.8. The summed E-state index contributed by atoms with van der Waals surface area (Å²) in [6.07, 6.45) is 4.94. The van der Waals surface area contributed by atoms with E-state index in [0.29, 0.717) is 0 Å². The van der Waals surface area contributed by atoms with Crippen LogP contribution in [-0.2, 0) is 6.54 Å². The summed E-state index contributed by atoms with van der Waals surface area (Å²) >= 11 is 0. The van der Waals surface area contributed by atoms with E-state index in [1.165, 1.54) is 35.6 Å². The van der Waals surface area contributed by atoms with Gasteiger partial charge >= 0.3 is 0 Å². The molecule has 0 radical (unpaired) electrons. The summed E-state index contributed by atoms with van der Waals surface area (Å²) in [4.78, 5) is 0. The van der Waals surface area contributed by atoms with E-state index in [1.54, 1.807) is 0 Å². The van der Waals surface area contributed by atoms with Crippen molar-refractivity contribution in [2.45, 2.75) is 59.9 Å². The molecule has 0 bridgehead atoms. The number of ether oxygens (including phenoxy) is 1. The van der Waals surface area contributed by atoms with Crippen LogP contribution in [0.2, 0.25) is 0 Å². The van der Waals surface area contributed by atoms with Crippen LogP contribution in [0.25, 0.3) is 10.8 Å². The Morgan fingerprint density at radius 1 is 0.958 bits per heavy atom. The fourth-order valence-corrected chi connectivity index (χ4v) is 2.91. The molecular formula is C22H33NO. The number of hydrogen-bond donors (Lipinski definition) is 1. The molecule has 0 spiro atoms. The first-order chi connectivity index (χ1) is 11.5. The van der Waals surface area contributed by atoms with Crippen LogP contribution in [0.5, 0.6) is 5.75 Å². The molecule has 2 aromatic rings. The normalized spacial score (nSPS) is 11.8. The molecular weight excluding hydrogens is 294 g/mol. The Balaban J connectivity index is 2.11. The molecule has 2 rings (SSSR count). The summed E-state index contributed by atoms with van der Waals surface area (Å²) in [6, 6.07) is 12.9. The molecule has 0 aromatic heterocycles. The molecule has 0 heterocycles. The molecule has 0 saturated carbocycles. The van der Waals surface area contributed by atoms with Crippen LogP contribution in [0.3, 0.4) is 0 Å². The quantitative estimate of drug-likeness (QED) is 0.576. The Bertz CT molecular complexity index is 627. The van der Waals surface area contributed by atoms with Crippen LogP contribution in [0.15, 0.2) is 36.4 Å². The number of fused-ring (bicyclic) bond motifs is 1. The highest BCUT2D eigenvalue weighted by molar-refractivity contribution is 5.87. The van der Waals surface area contributed by atoms with Gasteiger partial charge in [0.1, 0.15) is 5.75 Å². The van der Waals surface area contributed by atoms with Crippen molar-refractivity contribution >= 4 is 10.8 Å². The molecule has 0 amide bonds. The molecule has 24 heavy (non-hydrogen) atoms. The largest absolute Gasteiger partial charge is 0.493 e. The van der Waals surface area contributed by atoms with Gasteiger partial charge in [-0.15, -0.1) is 0 Å². The lowest BCUT2D eigenvalue weighted by molar-refractivity contribution is 0.300. The van der Waals surface area contributed by atoms with Crippen molar-refractivity contribution in [2.75, 3.05) is 13.2 Å². The fraction of sp³-hybridized carbons (Fsp3) is 0.545. The Labute approximate surface area is 147 Å². The predicted octanol–water partition coefficient (Wildman–Crippen LogP) is 5.93. The van der Waals surface area contributed by atoms with Gasteiger partial charge in [-0.25, -0.2) is 0 Å². The molecule has 132 valence electrons. The first-order valence-corrected chi connectivity index (χ1v) is 9.35. The van der Waals surface area contributed by atoms with Gasteiger partial charge in [-0.2, -0.15) is 0 Å². The minimum atomic E-state index is 0.283. The number of hydrogen-bond acceptors (Lipinski definition) is 2. The van der Waals surface area contributed by atoms with Gasteiger partial charge in [0, 0.05) is 18.7 Å². The SMILES string of the molecule is CCCCCCOc1ccc2ccccc2c1CNCC(C)(C)C. The second kappa shape index (κ2) is 9.08. The van der Waals surface area contributed by atoms with Gasteiger partial charge in [0.25, 0.3) is 0 Å². The Morgan fingerprint density at radius 2 is 1.75 bits per heavy atom. The highest BCUT2D eigenvalue weighted by Crippen LogP contribution is 2.28. The lowest BCUT2D eigenvalue weighted by atomic mass is 9.96. The van der Waals surface area contributed by atoms with E-state index < -0.39 is 0 Å². The predicted molar refractivity (Wildman–Crippen MR) is 105 cm³/mol. The Morgan fingerprint density at radius 3 is 2.50 bits per heavy atom. The van der Waals surface area contributed by atoms with Gasteiger partial charge in [-0.3, -0.25) is 0 Å². The van der Waals surface area contributed by atoms with E-state index >= 15 is 0 Å². The zero-order valence-corrected chi connectivity index (χ0v) is 15.8. The molecule has 2 aromatic carbocycles. The summed E-state index contributed by atoms with van der Waals surface area (Å²) < 4.78 is 6.13. The van der Waals surface area contributed by atoms with Crippen LogP contribution >= 0.6 is 0 Å². The summed E-state index contributed by atoms with van der Waals surface area (Å²) in [7, 11) is 0. The first-order valence-electron chi connectivity index (χ1n) is 9.35. The molecule has 0 fully saturated rings. The number of benzene rings is 2. The monoisotopic (exact) mass is 327 g/mol. The second-order valence-electron chi connectivity index (χ2n) is 7.84. The lowest BCUT2D eigenvalue weighted by Crippen LogP contribution is -2.26. The van der Waals surface area contributed by atoms with E-state index in [1.807, 2.05) is 0 Å². The standard InChI is InChI=1S/C22H33NO/c1-5-6-7-10-15-24-21-14-13-18-11-8-9-12-19(18)20(21)16-23-17-22(2,3)4/h8-9,11-14,23H,5-7,10,15-17H2,1-4H3. The average molecular weight is 328 g/mol. The van der Waals surface area contributed by atoms with Crippen LogP contribution in [0.1, 0.15) is 58.9 Å². The van der Waals surface area contributed by atoms with Crippen molar-refractivity contribution in [1.29, 1.82) is 0 Å². The molecule has 0 saturated heterocycles. The highest BCUT2D eigenvalue weighted by Gasteiger charge is 2.12. The molecule has 2 nitrogen and oxygen atoms in total. The molecule has 0 aliphatic rings. The Hall–Kier alpha value is -1.54. The van der Waals surface area contributed by atoms with Crippen LogP contribution in [0, 0.1) is 5.41 Å². The van der Waals surface area contributed by atoms with E-state index in [2.05, 4.69) is 69.4 Å². The van der Waals surface area contributed by atoms with Crippen molar-refractivity contribution in [3.05, 3.63) is 42.0 Å². The third-order valence-electron chi connectivity index (χ3n) is 4.21. The number of unbranched alkanes of at least 4 members (excludes halogenated alkanes) is 3. The Kier molecular flexibility index (Phi) is 7.11. The number of nitrogens with one attached hydrogen (secondary N) is 1. The third-order valence-corrected chi connectivity index (χ3v) is 4.21. The van der Waals surface area contributed by atoms with Crippen LogP contribution < -0.4 is 10.1 Å². The van der Waals surface area contributed by atoms with Gasteiger partial charge in [0.05, 0.1) is 6.61 Å². The summed E-state index contributed by atoms with van der Waals surface area (Å²) in [6.45, 7) is 11.7. The molecule has 0 unspecified atom stereocenters. The van der Waals surface area contributed by atoms with E-state index in [0.717, 1.165) is 31.9 Å². The van der Waals surface area contributed by atoms with Crippen molar-refractivity contribution < 1.29 is 4.74 Å². The second-order valence-corrected chi connectivity index (χ2v) is 7.84. The lowest BCUT2D eigenvalue weighted by Gasteiger charge is -2.20. The summed E-state index contributed by atoms with van der Waals surface area (Å²) in [5, 5.41) is 6.18. The van der Waals surface area contributed by atoms with Gasteiger partial charge in [0.2, 0.25) is 0 Å². The fourth-order valence-electron chi connectivity index (χ4n) is 2.91. The topological polar surface area (TPSA) is 21.3 Å². The van der Waals surface area contributed by atoms with E-state index in [-0.39, 0.29) is 5.41 Å². The molecule has 0 aliphatic heterocycles. The van der Waals surface area contributed by atoms with Crippen molar-refractivity contribution in [1.82, 2.24) is 5.32 Å². The number of rotatable bonds is 9. The molecule has 2 heteroatoms. The molecule has 1 N–H and O–H groups in total.